The number of hydrogen-bond donors (Lipinski definition) is 0. The summed E-state index contributed by atoms with van der Waals surface area (Å²) in [6.07, 6.45) is 3.77. The van der Waals surface area contributed by atoms with Gasteiger partial charge in [0.05, 0.1) is 6.61 Å². The Morgan fingerprint density at radius 2 is 2.11 bits per heavy atom. The summed E-state index contributed by atoms with van der Waals surface area (Å²) in [6, 6.07) is 1.41. The topological polar surface area (TPSA) is 98.4 Å². The Kier molecular flexibility index (Phi) is 6.49. The van der Waals surface area contributed by atoms with Crippen LogP contribution in [-0.4, -0.2) is 36.0 Å². The zero-order chi connectivity index (χ0) is 20.3. The first-order chi connectivity index (χ1) is 13.4. The van der Waals surface area contributed by atoms with E-state index in [0.717, 1.165) is 19.3 Å². The highest BCUT2D eigenvalue weighted by atomic mass is 16.6. The second-order valence-electron chi connectivity index (χ2n) is 8.15. The fourth-order valence-corrected chi connectivity index (χ4v) is 4.19. The SMILES string of the molecule is CC1CCC(C(C)C)C(OC(=O)C(=O)N2CCCOC2c2coc(N=O)c2)C1. The summed E-state index contributed by atoms with van der Waals surface area (Å²) in [4.78, 5) is 37.5. The first-order valence-electron chi connectivity index (χ1n) is 9.95. The van der Waals surface area contributed by atoms with Crippen molar-refractivity contribution in [1.29, 1.82) is 0 Å². The number of rotatable bonds is 4. The molecule has 3 rings (SSSR count). The van der Waals surface area contributed by atoms with Crippen molar-refractivity contribution in [2.45, 2.75) is 58.8 Å². The molecule has 2 heterocycles. The molecule has 1 aromatic rings. The van der Waals surface area contributed by atoms with Gasteiger partial charge in [0.1, 0.15) is 12.4 Å². The van der Waals surface area contributed by atoms with Gasteiger partial charge in [0, 0.05) is 23.4 Å². The fraction of sp³-hybridized carbons (Fsp3) is 0.700. The maximum Gasteiger partial charge on any atom is 0.397 e. The fourth-order valence-electron chi connectivity index (χ4n) is 4.19. The highest BCUT2D eigenvalue weighted by Crippen LogP contribution is 2.36. The van der Waals surface area contributed by atoms with Crippen molar-refractivity contribution < 1.29 is 23.5 Å². The van der Waals surface area contributed by atoms with E-state index in [1.165, 1.54) is 17.2 Å². The molecule has 1 aliphatic heterocycles. The van der Waals surface area contributed by atoms with Crippen molar-refractivity contribution in [2.75, 3.05) is 13.2 Å². The molecule has 2 fully saturated rings. The molecule has 8 nitrogen and oxygen atoms in total. The van der Waals surface area contributed by atoms with E-state index >= 15 is 0 Å². The van der Waals surface area contributed by atoms with Crippen molar-refractivity contribution >= 4 is 17.8 Å². The first kappa shape index (κ1) is 20.5. The largest absolute Gasteiger partial charge is 0.455 e. The van der Waals surface area contributed by atoms with Crippen molar-refractivity contribution in [1.82, 2.24) is 4.90 Å². The van der Waals surface area contributed by atoms with Gasteiger partial charge in [-0.1, -0.05) is 27.2 Å². The smallest absolute Gasteiger partial charge is 0.397 e. The average molecular weight is 392 g/mol. The second-order valence-corrected chi connectivity index (χ2v) is 8.15. The van der Waals surface area contributed by atoms with Crippen LogP contribution in [-0.2, 0) is 19.1 Å². The van der Waals surface area contributed by atoms with Crippen LogP contribution in [0.25, 0.3) is 0 Å². The second kappa shape index (κ2) is 8.86. The molecule has 0 radical (unpaired) electrons. The van der Waals surface area contributed by atoms with Crippen molar-refractivity contribution in [3.8, 4) is 0 Å². The van der Waals surface area contributed by atoms with Gasteiger partial charge in [0.15, 0.2) is 6.23 Å². The van der Waals surface area contributed by atoms with Crippen molar-refractivity contribution in [2.24, 2.45) is 22.9 Å². The van der Waals surface area contributed by atoms with Crippen molar-refractivity contribution in [3.63, 3.8) is 0 Å². The van der Waals surface area contributed by atoms with Gasteiger partial charge in [-0.25, -0.2) is 4.79 Å². The van der Waals surface area contributed by atoms with Crippen LogP contribution < -0.4 is 0 Å². The summed E-state index contributed by atoms with van der Waals surface area (Å²) < 4.78 is 16.4. The molecule has 1 saturated carbocycles. The molecule has 1 amide bonds. The third-order valence-electron chi connectivity index (χ3n) is 5.74. The van der Waals surface area contributed by atoms with E-state index in [9.17, 15) is 14.5 Å². The Labute approximate surface area is 164 Å². The molecule has 0 aromatic carbocycles. The highest BCUT2D eigenvalue weighted by Gasteiger charge is 2.38. The predicted molar refractivity (Wildman–Crippen MR) is 100 cm³/mol. The lowest BCUT2D eigenvalue weighted by molar-refractivity contribution is -0.179. The van der Waals surface area contributed by atoms with E-state index in [4.69, 9.17) is 13.9 Å². The number of nitroso groups, excluding NO2 is 1. The van der Waals surface area contributed by atoms with Gasteiger partial charge >= 0.3 is 11.9 Å². The van der Waals surface area contributed by atoms with E-state index in [1.807, 2.05) is 0 Å². The Hall–Kier alpha value is -2.22. The summed E-state index contributed by atoms with van der Waals surface area (Å²) >= 11 is 0. The zero-order valence-corrected chi connectivity index (χ0v) is 16.6. The minimum atomic E-state index is -0.850. The minimum absolute atomic E-state index is 0.102. The molecule has 154 valence electrons. The van der Waals surface area contributed by atoms with E-state index in [2.05, 4.69) is 25.9 Å². The average Bonchev–Trinajstić information content (AvgIpc) is 3.16. The van der Waals surface area contributed by atoms with Gasteiger partial charge in [-0.3, -0.25) is 4.79 Å². The van der Waals surface area contributed by atoms with Crippen LogP contribution in [0.2, 0.25) is 0 Å². The lowest BCUT2D eigenvalue weighted by Gasteiger charge is -2.38. The minimum Gasteiger partial charge on any atom is -0.455 e. The molecule has 0 bridgehead atoms. The number of esters is 1. The quantitative estimate of drug-likeness (QED) is 0.437. The number of ether oxygens (including phenoxy) is 2. The van der Waals surface area contributed by atoms with Gasteiger partial charge in [0.25, 0.3) is 5.88 Å². The number of furan rings is 1. The first-order valence-corrected chi connectivity index (χ1v) is 9.95. The Bertz CT molecular complexity index is 715. The third kappa shape index (κ3) is 4.43. The summed E-state index contributed by atoms with van der Waals surface area (Å²) in [7, 11) is 0. The molecule has 0 N–H and O–H groups in total. The van der Waals surface area contributed by atoms with Crippen LogP contribution in [0.3, 0.4) is 0 Å². The summed E-state index contributed by atoms with van der Waals surface area (Å²) in [6.45, 7) is 7.19. The molecule has 4 atom stereocenters. The standard InChI is InChI=1S/C20H28N2O6/c1-12(2)15-6-5-13(3)9-16(15)28-20(24)18(23)22-7-4-8-26-19(22)14-10-17(21-25)27-11-14/h10-13,15-16,19H,4-9H2,1-3H3. The number of nitrogens with zero attached hydrogens (tertiary/aromatic N) is 2. The van der Waals surface area contributed by atoms with Crippen LogP contribution in [0.15, 0.2) is 21.9 Å². The van der Waals surface area contributed by atoms with Crippen LogP contribution in [0.5, 0.6) is 0 Å². The van der Waals surface area contributed by atoms with Crippen LogP contribution in [0, 0.1) is 22.7 Å². The van der Waals surface area contributed by atoms with Crippen LogP contribution >= 0.6 is 0 Å². The van der Waals surface area contributed by atoms with Gasteiger partial charge in [-0.05, 0) is 37.0 Å². The summed E-state index contributed by atoms with van der Waals surface area (Å²) in [5.74, 6) is -0.572. The summed E-state index contributed by atoms with van der Waals surface area (Å²) in [5.41, 5.74) is 0.474. The summed E-state index contributed by atoms with van der Waals surface area (Å²) in [5, 5.41) is 2.73. The van der Waals surface area contributed by atoms with Gasteiger partial charge in [-0.15, -0.1) is 4.91 Å². The van der Waals surface area contributed by atoms with Gasteiger partial charge in [0.2, 0.25) is 0 Å². The molecule has 2 aliphatic rings. The van der Waals surface area contributed by atoms with Crippen LogP contribution in [0.4, 0.5) is 5.88 Å². The number of carbonyl (C=O) groups excluding carboxylic acids is 2. The monoisotopic (exact) mass is 392 g/mol. The maximum atomic E-state index is 12.8. The number of carbonyl (C=O) groups is 2. The Morgan fingerprint density at radius 1 is 1.32 bits per heavy atom. The Morgan fingerprint density at radius 3 is 2.79 bits per heavy atom. The molecule has 4 unspecified atom stereocenters. The molecular weight excluding hydrogens is 364 g/mol. The predicted octanol–water partition coefficient (Wildman–Crippen LogP) is 3.93. The van der Waals surface area contributed by atoms with E-state index < -0.39 is 18.1 Å². The van der Waals surface area contributed by atoms with Gasteiger partial charge in [-0.2, -0.15) is 0 Å². The lowest BCUT2D eigenvalue weighted by Crippen LogP contribution is -2.46. The van der Waals surface area contributed by atoms with E-state index in [-0.39, 0.29) is 17.9 Å². The zero-order valence-electron chi connectivity index (χ0n) is 16.6. The molecule has 8 heteroatoms. The molecule has 1 aromatic heterocycles. The highest BCUT2D eigenvalue weighted by molar-refractivity contribution is 6.32. The van der Waals surface area contributed by atoms with Gasteiger partial charge < -0.3 is 18.8 Å². The number of amides is 1. The van der Waals surface area contributed by atoms with E-state index in [0.29, 0.717) is 37.0 Å². The molecule has 28 heavy (non-hydrogen) atoms. The van der Waals surface area contributed by atoms with Crippen LogP contribution in [0.1, 0.15) is 58.2 Å². The lowest BCUT2D eigenvalue weighted by atomic mass is 9.75. The molecular formula is C20H28N2O6. The Balaban J connectivity index is 1.71. The number of hydrogen-bond acceptors (Lipinski definition) is 7. The normalized spacial score (nSPS) is 28.2. The molecule has 0 spiro atoms. The van der Waals surface area contributed by atoms with E-state index in [1.54, 1.807) is 0 Å². The maximum absolute atomic E-state index is 12.8. The molecule has 1 aliphatic carbocycles. The van der Waals surface area contributed by atoms with Crippen molar-refractivity contribution in [3.05, 3.63) is 22.8 Å². The molecule has 1 saturated heterocycles. The third-order valence-corrected chi connectivity index (χ3v) is 5.74.